The third-order valence-electron chi connectivity index (χ3n) is 3.28. The van der Waals surface area contributed by atoms with E-state index in [1.165, 1.54) is 12.1 Å². The SMILES string of the molecule is OC1CCC(c2ccc(OC(F)(F)F)cc2)CC1. The minimum absolute atomic E-state index is 0.193. The van der Waals surface area contributed by atoms with Crippen molar-refractivity contribution in [2.24, 2.45) is 0 Å². The van der Waals surface area contributed by atoms with Gasteiger partial charge in [0.2, 0.25) is 0 Å². The molecule has 1 aromatic rings. The summed E-state index contributed by atoms with van der Waals surface area (Å²) in [6, 6.07) is 6.02. The van der Waals surface area contributed by atoms with Crippen LogP contribution in [0.5, 0.6) is 5.75 Å². The Morgan fingerprint density at radius 3 is 2.06 bits per heavy atom. The Kier molecular flexibility index (Phi) is 3.80. The van der Waals surface area contributed by atoms with Gasteiger partial charge in [0.25, 0.3) is 0 Å². The van der Waals surface area contributed by atoms with E-state index in [1.54, 1.807) is 12.1 Å². The van der Waals surface area contributed by atoms with Gasteiger partial charge in [0.15, 0.2) is 0 Å². The smallest absolute Gasteiger partial charge is 0.406 e. The molecule has 0 atom stereocenters. The number of aliphatic hydroxyl groups excluding tert-OH is 1. The Morgan fingerprint density at radius 1 is 1.00 bits per heavy atom. The molecule has 1 aliphatic carbocycles. The van der Waals surface area contributed by atoms with Crippen molar-refractivity contribution < 1.29 is 23.0 Å². The molecule has 1 aromatic carbocycles. The zero-order valence-electron chi connectivity index (χ0n) is 9.78. The summed E-state index contributed by atoms with van der Waals surface area (Å²) in [4.78, 5) is 0. The summed E-state index contributed by atoms with van der Waals surface area (Å²) >= 11 is 0. The number of benzene rings is 1. The first kappa shape index (κ1) is 13.2. The largest absolute Gasteiger partial charge is 0.573 e. The van der Waals surface area contributed by atoms with Crippen molar-refractivity contribution in [2.75, 3.05) is 0 Å². The summed E-state index contributed by atoms with van der Waals surface area (Å²) in [6.45, 7) is 0. The molecule has 1 aliphatic rings. The van der Waals surface area contributed by atoms with Gasteiger partial charge in [-0.05, 0) is 49.3 Å². The van der Waals surface area contributed by atoms with Crippen LogP contribution in [-0.4, -0.2) is 17.6 Å². The van der Waals surface area contributed by atoms with Crippen molar-refractivity contribution in [3.8, 4) is 5.75 Å². The summed E-state index contributed by atoms with van der Waals surface area (Å²) in [5.74, 6) is 0.135. The van der Waals surface area contributed by atoms with E-state index in [-0.39, 0.29) is 11.9 Å². The van der Waals surface area contributed by atoms with Gasteiger partial charge in [-0.1, -0.05) is 12.1 Å². The molecule has 5 heteroatoms. The number of rotatable bonds is 2. The molecule has 0 heterocycles. The molecule has 0 aromatic heterocycles. The van der Waals surface area contributed by atoms with E-state index in [0.29, 0.717) is 5.92 Å². The van der Waals surface area contributed by atoms with E-state index in [2.05, 4.69) is 4.74 Å². The maximum Gasteiger partial charge on any atom is 0.573 e. The van der Waals surface area contributed by atoms with Crippen LogP contribution in [0.4, 0.5) is 13.2 Å². The molecule has 0 amide bonds. The molecule has 0 radical (unpaired) electrons. The maximum atomic E-state index is 12.0. The fourth-order valence-corrected chi connectivity index (χ4v) is 2.35. The fraction of sp³-hybridized carbons (Fsp3) is 0.538. The number of halogens is 3. The van der Waals surface area contributed by atoms with E-state index >= 15 is 0 Å². The summed E-state index contributed by atoms with van der Waals surface area (Å²) in [5.41, 5.74) is 1.01. The second-order valence-electron chi connectivity index (χ2n) is 4.62. The molecule has 0 aliphatic heterocycles. The van der Waals surface area contributed by atoms with Gasteiger partial charge in [0, 0.05) is 0 Å². The van der Waals surface area contributed by atoms with Gasteiger partial charge in [-0.25, -0.2) is 0 Å². The van der Waals surface area contributed by atoms with Gasteiger partial charge in [0.1, 0.15) is 5.75 Å². The van der Waals surface area contributed by atoms with Crippen molar-refractivity contribution in [1.29, 1.82) is 0 Å². The van der Waals surface area contributed by atoms with Crippen molar-refractivity contribution in [3.05, 3.63) is 29.8 Å². The Bertz CT molecular complexity index is 378. The van der Waals surface area contributed by atoms with Crippen LogP contribution < -0.4 is 4.74 Å². The van der Waals surface area contributed by atoms with Crippen LogP contribution in [0.3, 0.4) is 0 Å². The monoisotopic (exact) mass is 260 g/mol. The number of ether oxygens (including phenoxy) is 1. The number of alkyl halides is 3. The van der Waals surface area contributed by atoms with E-state index in [4.69, 9.17) is 0 Å². The lowest BCUT2D eigenvalue weighted by Gasteiger charge is -2.25. The van der Waals surface area contributed by atoms with Crippen LogP contribution >= 0.6 is 0 Å². The average molecular weight is 260 g/mol. The highest BCUT2D eigenvalue weighted by atomic mass is 19.4. The Hall–Kier alpha value is -1.23. The highest BCUT2D eigenvalue weighted by Gasteiger charge is 2.31. The van der Waals surface area contributed by atoms with Gasteiger partial charge in [-0.3, -0.25) is 0 Å². The van der Waals surface area contributed by atoms with Crippen molar-refractivity contribution in [3.63, 3.8) is 0 Å². The Morgan fingerprint density at radius 2 is 1.56 bits per heavy atom. The summed E-state index contributed by atoms with van der Waals surface area (Å²) in [7, 11) is 0. The van der Waals surface area contributed by atoms with Gasteiger partial charge >= 0.3 is 6.36 Å². The quantitative estimate of drug-likeness (QED) is 0.880. The van der Waals surface area contributed by atoms with Crippen LogP contribution in [0.15, 0.2) is 24.3 Å². The predicted octanol–water partition coefficient (Wildman–Crippen LogP) is 3.60. The second kappa shape index (κ2) is 5.18. The van der Waals surface area contributed by atoms with E-state index < -0.39 is 6.36 Å². The van der Waals surface area contributed by atoms with Crippen LogP contribution in [-0.2, 0) is 0 Å². The van der Waals surface area contributed by atoms with Gasteiger partial charge < -0.3 is 9.84 Å². The highest BCUT2D eigenvalue weighted by Crippen LogP contribution is 2.34. The Labute approximate surface area is 103 Å². The van der Waals surface area contributed by atoms with E-state index in [0.717, 1.165) is 31.2 Å². The normalized spacial score (nSPS) is 24.9. The molecule has 0 saturated heterocycles. The standard InChI is InChI=1S/C13H15F3O2/c14-13(15,16)18-12-7-3-10(4-8-12)9-1-5-11(17)6-2-9/h3-4,7-9,11,17H,1-2,5-6H2. The predicted molar refractivity (Wildman–Crippen MR) is 60.3 cm³/mol. The summed E-state index contributed by atoms with van der Waals surface area (Å²) < 4.78 is 39.8. The third kappa shape index (κ3) is 3.63. The zero-order chi connectivity index (χ0) is 13.2. The minimum atomic E-state index is -4.64. The van der Waals surface area contributed by atoms with Crippen LogP contribution in [0.1, 0.15) is 37.2 Å². The molecule has 18 heavy (non-hydrogen) atoms. The van der Waals surface area contributed by atoms with Crippen LogP contribution in [0.2, 0.25) is 0 Å². The lowest BCUT2D eigenvalue weighted by molar-refractivity contribution is -0.274. The third-order valence-corrected chi connectivity index (χ3v) is 3.28. The molecule has 0 unspecified atom stereocenters. The van der Waals surface area contributed by atoms with Crippen molar-refractivity contribution >= 4 is 0 Å². The number of hydrogen-bond acceptors (Lipinski definition) is 2. The van der Waals surface area contributed by atoms with Crippen LogP contribution in [0.25, 0.3) is 0 Å². The molecule has 100 valence electrons. The molecule has 0 spiro atoms. The maximum absolute atomic E-state index is 12.0. The minimum Gasteiger partial charge on any atom is -0.406 e. The first-order chi connectivity index (χ1) is 8.44. The first-order valence-electron chi connectivity index (χ1n) is 5.98. The molecule has 1 N–H and O–H groups in total. The lowest BCUT2D eigenvalue weighted by Crippen LogP contribution is -2.18. The molecule has 2 rings (SSSR count). The molecule has 1 saturated carbocycles. The number of hydrogen-bond donors (Lipinski definition) is 1. The van der Waals surface area contributed by atoms with Gasteiger partial charge in [-0.2, -0.15) is 0 Å². The lowest BCUT2D eigenvalue weighted by atomic mass is 9.83. The summed E-state index contributed by atoms with van der Waals surface area (Å²) in [5, 5.41) is 9.40. The van der Waals surface area contributed by atoms with Gasteiger partial charge in [-0.15, -0.1) is 13.2 Å². The van der Waals surface area contributed by atoms with E-state index in [9.17, 15) is 18.3 Å². The molecule has 2 nitrogen and oxygen atoms in total. The number of aliphatic hydroxyl groups is 1. The van der Waals surface area contributed by atoms with Crippen molar-refractivity contribution in [1.82, 2.24) is 0 Å². The molecule has 0 bridgehead atoms. The first-order valence-corrected chi connectivity index (χ1v) is 5.98. The van der Waals surface area contributed by atoms with Gasteiger partial charge in [0.05, 0.1) is 6.10 Å². The fourth-order valence-electron chi connectivity index (χ4n) is 2.35. The molecule has 1 fully saturated rings. The topological polar surface area (TPSA) is 29.5 Å². The average Bonchev–Trinajstić information content (AvgIpc) is 2.29. The Balaban J connectivity index is 1.99. The van der Waals surface area contributed by atoms with E-state index in [1.807, 2.05) is 0 Å². The highest BCUT2D eigenvalue weighted by molar-refractivity contribution is 5.29. The molecular weight excluding hydrogens is 245 g/mol. The second-order valence-corrected chi connectivity index (χ2v) is 4.62. The zero-order valence-corrected chi connectivity index (χ0v) is 9.78. The van der Waals surface area contributed by atoms with Crippen LogP contribution in [0, 0.1) is 0 Å². The molecular formula is C13H15F3O2. The van der Waals surface area contributed by atoms with Crippen molar-refractivity contribution in [2.45, 2.75) is 44.1 Å². The summed E-state index contributed by atoms with van der Waals surface area (Å²) in [6.07, 6.45) is -1.61.